The van der Waals surface area contributed by atoms with E-state index in [4.69, 9.17) is 11.5 Å². The molecule has 0 aromatic heterocycles. The predicted molar refractivity (Wildman–Crippen MR) is 116 cm³/mol. The van der Waals surface area contributed by atoms with E-state index in [9.17, 15) is 4.79 Å². The molecule has 1 aromatic carbocycles. The molecule has 0 aliphatic carbocycles. The van der Waals surface area contributed by atoms with E-state index in [-0.39, 0.29) is 17.6 Å². The van der Waals surface area contributed by atoms with Crippen molar-refractivity contribution >= 4 is 5.78 Å². The van der Waals surface area contributed by atoms with Crippen molar-refractivity contribution < 1.29 is 4.79 Å². The van der Waals surface area contributed by atoms with E-state index in [1.807, 2.05) is 32.0 Å². The summed E-state index contributed by atoms with van der Waals surface area (Å²) in [6.45, 7) is 21.4. The average Bonchev–Trinajstić information content (AvgIpc) is 2.62. The molecule has 4 N–H and O–H groups in total. The zero-order valence-electron chi connectivity index (χ0n) is 17.3. The lowest BCUT2D eigenvalue weighted by atomic mass is 9.96. The molecule has 0 bridgehead atoms. The second-order valence-electron chi connectivity index (χ2n) is 6.58. The van der Waals surface area contributed by atoms with Crippen LogP contribution in [0, 0.1) is 5.92 Å². The van der Waals surface area contributed by atoms with Crippen LogP contribution in [0.4, 0.5) is 0 Å². The maximum atomic E-state index is 10.7. The molecule has 146 valence electrons. The second-order valence-corrected chi connectivity index (χ2v) is 6.58. The van der Waals surface area contributed by atoms with E-state index in [0.717, 1.165) is 18.5 Å². The first-order chi connectivity index (χ1) is 12.1. The monoisotopic (exact) mass is 358 g/mol. The van der Waals surface area contributed by atoms with Gasteiger partial charge in [0.1, 0.15) is 0 Å². The van der Waals surface area contributed by atoms with E-state index < -0.39 is 0 Å². The lowest BCUT2D eigenvalue weighted by Crippen LogP contribution is -2.11. The van der Waals surface area contributed by atoms with Gasteiger partial charge >= 0.3 is 0 Å². The molecule has 0 aliphatic heterocycles. The van der Waals surface area contributed by atoms with Crippen LogP contribution in [-0.2, 0) is 4.79 Å². The first-order valence-electron chi connectivity index (χ1n) is 9.11. The third-order valence-corrected chi connectivity index (χ3v) is 4.11. The van der Waals surface area contributed by atoms with Crippen LogP contribution in [0.25, 0.3) is 0 Å². The molecular weight excluding hydrogens is 320 g/mol. The summed E-state index contributed by atoms with van der Waals surface area (Å²) in [5.41, 5.74) is 14.8. The standard InChI is InChI=1S/C10H13N.C8H15NO.C5H10/c1-8(9(2)11)10-6-4-3-5-7-10;1-6(4-5-9)7(2)8(3)10;1-4-5(2)3/h3-8H,2,11H2,1H3;6H,2,4-5,9H2,1,3H3;2,4H2,1,3H3/t8-;;/m1../s1. The topological polar surface area (TPSA) is 69.1 Å². The maximum absolute atomic E-state index is 10.7. The van der Waals surface area contributed by atoms with E-state index in [2.05, 4.69) is 45.7 Å². The van der Waals surface area contributed by atoms with Gasteiger partial charge in [-0.05, 0) is 50.3 Å². The Kier molecular flexibility index (Phi) is 15.2. The Bertz CT molecular complexity index is 561. The minimum Gasteiger partial charge on any atom is -0.402 e. The van der Waals surface area contributed by atoms with Crippen molar-refractivity contribution in [2.45, 2.75) is 53.4 Å². The number of carbonyl (C=O) groups excluding carboxylic acids is 1. The summed E-state index contributed by atoms with van der Waals surface area (Å²) < 4.78 is 0. The van der Waals surface area contributed by atoms with Crippen LogP contribution in [0.3, 0.4) is 0 Å². The molecule has 1 rings (SSSR count). The number of carbonyl (C=O) groups is 1. The molecule has 0 fully saturated rings. The number of nitrogens with two attached hydrogens (primary N) is 2. The third-order valence-electron chi connectivity index (χ3n) is 4.11. The van der Waals surface area contributed by atoms with E-state index in [0.29, 0.717) is 12.1 Å². The van der Waals surface area contributed by atoms with Crippen LogP contribution < -0.4 is 11.5 Å². The molecule has 0 saturated heterocycles. The lowest BCUT2D eigenvalue weighted by molar-refractivity contribution is -0.114. The highest BCUT2D eigenvalue weighted by Gasteiger charge is 2.08. The Balaban J connectivity index is 0. The largest absolute Gasteiger partial charge is 0.402 e. The number of benzene rings is 1. The summed E-state index contributed by atoms with van der Waals surface area (Å²) in [5.74, 6) is 0.569. The molecular formula is C23H38N2O. The SMILES string of the molecule is C=C(C(C)=O)C(C)CCN.C=C(C)CC.C=C(N)[C@@H](C)c1ccccc1. The fourth-order valence-electron chi connectivity index (χ4n) is 1.73. The summed E-state index contributed by atoms with van der Waals surface area (Å²) in [4.78, 5) is 10.7. The molecule has 3 nitrogen and oxygen atoms in total. The minimum atomic E-state index is 0.0703. The second kappa shape index (κ2) is 15.2. The van der Waals surface area contributed by atoms with Crippen molar-refractivity contribution in [3.8, 4) is 0 Å². The Hall–Kier alpha value is -2.13. The number of ketones is 1. The summed E-state index contributed by atoms with van der Waals surface area (Å²) in [6.07, 6.45) is 1.96. The maximum Gasteiger partial charge on any atom is 0.155 e. The number of allylic oxidation sites excluding steroid dienone is 3. The Labute approximate surface area is 160 Å². The van der Waals surface area contributed by atoms with Gasteiger partial charge in [0.05, 0.1) is 0 Å². The van der Waals surface area contributed by atoms with Crippen molar-refractivity contribution in [3.05, 3.63) is 72.5 Å². The predicted octanol–water partition coefficient (Wildman–Crippen LogP) is 5.35. The Morgan fingerprint density at radius 2 is 1.54 bits per heavy atom. The van der Waals surface area contributed by atoms with Gasteiger partial charge in [0.15, 0.2) is 5.78 Å². The third kappa shape index (κ3) is 13.2. The quantitative estimate of drug-likeness (QED) is 0.510. The fraction of sp³-hybridized carbons (Fsp3) is 0.435. The molecule has 1 aromatic rings. The van der Waals surface area contributed by atoms with Crippen molar-refractivity contribution in [2.75, 3.05) is 6.54 Å². The van der Waals surface area contributed by atoms with Gasteiger partial charge < -0.3 is 11.5 Å². The molecule has 1 unspecified atom stereocenters. The molecule has 0 radical (unpaired) electrons. The minimum absolute atomic E-state index is 0.0703. The molecule has 2 atom stereocenters. The summed E-state index contributed by atoms with van der Waals surface area (Å²) in [6, 6.07) is 10.1. The van der Waals surface area contributed by atoms with E-state index in [1.165, 1.54) is 18.1 Å². The van der Waals surface area contributed by atoms with Crippen molar-refractivity contribution in [1.82, 2.24) is 0 Å². The van der Waals surface area contributed by atoms with Gasteiger partial charge in [0.2, 0.25) is 0 Å². The van der Waals surface area contributed by atoms with Crippen LogP contribution in [-0.4, -0.2) is 12.3 Å². The van der Waals surface area contributed by atoms with Crippen LogP contribution in [0.1, 0.15) is 58.9 Å². The van der Waals surface area contributed by atoms with Gasteiger partial charge in [-0.2, -0.15) is 0 Å². The number of hydrogen-bond donors (Lipinski definition) is 2. The van der Waals surface area contributed by atoms with Crippen molar-refractivity contribution in [1.29, 1.82) is 0 Å². The summed E-state index contributed by atoms with van der Waals surface area (Å²) in [7, 11) is 0. The van der Waals surface area contributed by atoms with Gasteiger partial charge in [-0.1, -0.05) is 69.8 Å². The lowest BCUT2D eigenvalue weighted by Gasteiger charge is -2.09. The van der Waals surface area contributed by atoms with Crippen LogP contribution in [0.5, 0.6) is 0 Å². The Morgan fingerprint density at radius 1 is 1.08 bits per heavy atom. The smallest absolute Gasteiger partial charge is 0.155 e. The van der Waals surface area contributed by atoms with Crippen molar-refractivity contribution in [2.24, 2.45) is 17.4 Å². The highest BCUT2D eigenvalue weighted by molar-refractivity contribution is 5.92. The molecule has 0 spiro atoms. The van der Waals surface area contributed by atoms with E-state index >= 15 is 0 Å². The Morgan fingerprint density at radius 3 is 1.85 bits per heavy atom. The van der Waals surface area contributed by atoms with Crippen molar-refractivity contribution in [3.63, 3.8) is 0 Å². The molecule has 0 heterocycles. The zero-order chi connectivity index (χ0) is 20.7. The first kappa shape index (κ1) is 26.1. The number of Topliss-reactive ketones (excluding diaryl/α,β-unsaturated/α-hetero) is 1. The van der Waals surface area contributed by atoms with Gasteiger partial charge in [-0.15, -0.1) is 6.58 Å². The summed E-state index contributed by atoms with van der Waals surface area (Å²) >= 11 is 0. The first-order valence-corrected chi connectivity index (χ1v) is 9.11. The van der Waals surface area contributed by atoms with Gasteiger partial charge in [-0.25, -0.2) is 0 Å². The number of rotatable bonds is 7. The number of hydrogen-bond acceptors (Lipinski definition) is 3. The zero-order valence-corrected chi connectivity index (χ0v) is 17.3. The van der Waals surface area contributed by atoms with Crippen LogP contribution >= 0.6 is 0 Å². The molecule has 0 amide bonds. The van der Waals surface area contributed by atoms with Gasteiger partial charge in [-0.3, -0.25) is 4.79 Å². The molecule has 26 heavy (non-hydrogen) atoms. The van der Waals surface area contributed by atoms with Crippen LogP contribution in [0.2, 0.25) is 0 Å². The summed E-state index contributed by atoms with van der Waals surface area (Å²) in [5, 5.41) is 0. The average molecular weight is 359 g/mol. The van der Waals surface area contributed by atoms with Gasteiger partial charge in [0.25, 0.3) is 0 Å². The molecule has 0 saturated carbocycles. The highest BCUT2D eigenvalue weighted by Crippen LogP contribution is 2.18. The molecule has 0 aliphatic rings. The van der Waals surface area contributed by atoms with Gasteiger partial charge in [0, 0.05) is 11.6 Å². The highest BCUT2D eigenvalue weighted by atomic mass is 16.1. The fourth-order valence-corrected chi connectivity index (χ4v) is 1.73. The molecule has 3 heteroatoms. The van der Waals surface area contributed by atoms with E-state index in [1.54, 1.807) is 0 Å². The van der Waals surface area contributed by atoms with Crippen LogP contribution in [0.15, 0.2) is 66.9 Å². The normalized spacial score (nSPS) is 11.6.